The first-order chi connectivity index (χ1) is 22.2. The normalized spacial score (nSPS) is 18.2. The van der Waals surface area contributed by atoms with Crippen LogP contribution in [0.2, 0.25) is 5.02 Å². The molecule has 4 N–H and O–H groups in total. The van der Waals surface area contributed by atoms with Gasteiger partial charge in [0, 0.05) is 77.3 Å². The molecule has 0 saturated carbocycles. The van der Waals surface area contributed by atoms with Crippen LogP contribution in [0.3, 0.4) is 0 Å². The van der Waals surface area contributed by atoms with Crippen molar-refractivity contribution in [3.05, 3.63) is 65.3 Å². The number of nitrogens with two attached hydrogens (primary N) is 1. The Morgan fingerprint density at radius 2 is 1.72 bits per heavy atom. The van der Waals surface area contributed by atoms with Gasteiger partial charge in [0.1, 0.15) is 10.8 Å². The number of benzene rings is 2. The van der Waals surface area contributed by atoms with E-state index in [1.807, 2.05) is 58.3 Å². The fourth-order valence-electron chi connectivity index (χ4n) is 6.22. The Kier molecular flexibility index (Phi) is 10.8. The Hall–Kier alpha value is -4.58. The summed E-state index contributed by atoms with van der Waals surface area (Å²) in [7, 11) is 1.61. The van der Waals surface area contributed by atoms with Gasteiger partial charge in [-0.1, -0.05) is 41.9 Å². The number of methoxy groups -OCH3 is 1. The van der Waals surface area contributed by atoms with Gasteiger partial charge in [0.25, 0.3) is 0 Å². The lowest BCUT2D eigenvalue weighted by atomic mass is 9.85. The van der Waals surface area contributed by atoms with Gasteiger partial charge in [0.05, 0.1) is 19.0 Å². The van der Waals surface area contributed by atoms with E-state index in [4.69, 9.17) is 27.1 Å². The minimum Gasteiger partial charge on any atom is -0.494 e. The van der Waals surface area contributed by atoms with Crippen LogP contribution in [0.15, 0.2) is 54.7 Å². The van der Waals surface area contributed by atoms with Gasteiger partial charge in [-0.05, 0) is 36.0 Å². The van der Waals surface area contributed by atoms with Crippen LogP contribution in [-0.2, 0) is 20.9 Å². The number of piperidine rings is 1. The molecule has 1 aromatic heterocycles. The van der Waals surface area contributed by atoms with Crippen LogP contribution in [-0.4, -0.2) is 79.0 Å². The van der Waals surface area contributed by atoms with Crippen molar-refractivity contribution < 1.29 is 19.1 Å². The fourth-order valence-corrected chi connectivity index (χ4v) is 6.43. The number of halogens is 1. The summed E-state index contributed by atoms with van der Waals surface area (Å²) in [4.78, 5) is 51.7. The molecule has 0 bridgehead atoms. The molecular weight excluding hydrogens is 608 g/mol. The molecule has 2 aliphatic heterocycles. The van der Waals surface area contributed by atoms with Crippen molar-refractivity contribution in [2.45, 2.75) is 32.7 Å². The molecule has 0 unspecified atom stereocenters. The zero-order valence-corrected chi connectivity index (χ0v) is 27.0. The highest BCUT2D eigenvalue weighted by atomic mass is 35.5. The Morgan fingerprint density at radius 1 is 1.00 bits per heavy atom. The van der Waals surface area contributed by atoms with E-state index >= 15 is 0 Å². The maximum Gasteiger partial charge on any atom is 0.229 e. The maximum atomic E-state index is 12.9. The minimum atomic E-state index is -0.383. The Morgan fingerprint density at radius 3 is 2.39 bits per heavy atom. The average molecular weight is 649 g/mol. The number of piperazine rings is 1. The molecule has 3 aromatic rings. The second kappa shape index (κ2) is 15.1. The van der Waals surface area contributed by atoms with E-state index in [1.54, 1.807) is 20.2 Å². The van der Waals surface area contributed by atoms with Gasteiger partial charge in [-0.25, -0.2) is 4.98 Å². The van der Waals surface area contributed by atoms with Crippen LogP contribution >= 0.6 is 11.6 Å². The Labute approximate surface area is 274 Å². The second-order valence-electron chi connectivity index (χ2n) is 11.9. The molecule has 0 aliphatic carbocycles. The number of carbonyl (C=O) groups excluding carboxylic acids is 3. The van der Waals surface area contributed by atoms with Crippen molar-refractivity contribution in [1.82, 2.24) is 20.2 Å². The highest BCUT2D eigenvalue weighted by Gasteiger charge is 2.31. The first-order valence-electron chi connectivity index (χ1n) is 15.5. The molecule has 3 amide bonds. The molecule has 2 aliphatic rings. The van der Waals surface area contributed by atoms with E-state index in [0.29, 0.717) is 73.8 Å². The topological polar surface area (TPSA) is 146 Å². The van der Waals surface area contributed by atoms with Gasteiger partial charge in [-0.3, -0.25) is 14.4 Å². The third-order valence-electron chi connectivity index (χ3n) is 8.47. The lowest BCUT2D eigenvalue weighted by molar-refractivity contribution is -0.129. The predicted octanol–water partition coefficient (Wildman–Crippen LogP) is 3.58. The van der Waals surface area contributed by atoms with Crippen molar-refractivity contribution in [3.63, 3.8) is 0 Å². The number of anilines is 4. The molecule has 244 valence electrons. The number of nitrogens with one attached hydrogen (secondary N) is 2. The molecule has 5 rings (SSSR count). The van der Waals surface area contributed by atoms with Crippen LogP contribution < -0.4 is 30.9 Å². The largest absolute Gasteiger partial charge is 0.494 e. The van der Waals surface area contributed by atoms with Crippen molar-refractivity contribution in [1.29, 1.82) is 0 Å². The highest BCUT2D eigenvalue weighted by Crippen LogP contribution is 2.35. The quantitative estimate of drug-likeness (QED) is 0.284. The SMILES string of the molecule is COc1cc(N2CCN(C(C)=O)CC2)ccc1Nc1ncc(Cl)c(N2C[C@H](CC(=O)NCc3ccccc3)C[C@H](CC(N)=O)C2)n1. The summed E-state index contributed by atoms with van der Waals surface area (Å²) < 4.78 is 5.70. The number of nitrogens with zero attached hydrogens (tertiary/aromatic N) is 5. The number of primary amides is 1. The van der Waals surface area contributed by atoms with E-state index < -0.39 is 0 Å². The molecule has 46 heavy (non-hydrogen) atoms. The van der Waals surface area contributed by atoms with Gasteiger partial charge < -0.3 is 35.8 Å². The van der Waals surface area contributed by atoms with E-state index in [-0.39, 0.29) is 36.0 Å². The number of amides is 3. The van der Waals surface area contributed by atoms with E-state index in [2.05, 4.69) is 20.5 Å². The lowest BCUT2D eigenvalue weighted by Gasteiger charge is -2.38. The first-order valence-corrected chi connectivity index (χ1v) is 15.9. The van der Waals surface area contributed by atoms with Crippen LogP contribution in [0.25, 0.3) is 0 Å². The van der Waals surface area contributed by atoms with E-state index in [9.17, 15) is 14.4 Å². The molecule has 0 radical (unpaired) electrons. The first kappa shape index (κ1) is 32.8. The molecule has 2 fully saturated rings. The van der Waals surface area contributed by atoms with Gasteiger partial charge >= 0.3 is 0 Å². The fraction of sp³-hybridized carbons (Fsp3) is 0.424. The summed E-state index contributed by atoms with van der Waals surface area (Å²) in [6, 6.07) is 15.6. The average Bonchev–Trinajstić information content (AvgIpc) is 3.05. The van der Waals surface area contributed by atoms with Gasteiger partial charge in [-0.2, -0.15) is 4.98 Å². The molecular formula is C33H41ClN8O4. The van der Waals surface area contributed by atoms with Crippen LogP contribution in [0, 0.1) is 11.8 Å². The van der Waals surface area contributed by atoms with Crippen LogP contribution in [0.4, 0.5) is 23.1 Å². The number of ether oxygens (including phenoxy) is 1. The van der Waals surface area contributed by atoms with Crippen LogP contribution in [0.5, 0.6) is 5.75 Å². The summed E-state index contributed by atoms with van der Waals surface area (Å²) >= 11 is 6.63. The predicted molar refractivity (Wildman–Crippen MR) is 178 cm³/mol. The molecule has 12 nitrogen and oxygen atoms in total. The molecule has 13 heteroatoms. The second-order valence-corrected chi connectivity index (χ2v) is 12.3. The summed E-state index contributed by atoms with van der Waals surface area (Å²) in [5.41, 5.74) is 8.28. The molecule has 2 saturated heterocycles. The summed E-state index contributed by atoms with van der Waals surface area (Å²) in [6.07, 6.45) is 2.75. The zero-order chi connectivity index (χ0) is 32.6. The summed E-state index contributed by atoms with van der Waals surface area (Å²) in [5, 5.41) is 6.63. The third-order valence-corrected chi connectivity index (χ3v) is 8.73. The smallest absolute Gasteiger partial charge is 0.229 e. The van der Waals surface area contributed by atoms with Crippen molar-refractivity contribution in [3.8, 4) is 5.75 Å². The number of hydrogen-bond donors (Lipinski definition) is 3. The molecule has 2 aromatic carbocycles. The molecule has 2 atom stereocenters. The van der Waals surface area contributed by atoms with E-state index in [0.717, 1.165) is 24.3 Å². The van der Waals surface area contributed by atoms with E-state index in [1.165, 1.54) is 0 Å². The monoisotopic (exact) mass is 648 g/mol. The Bertz CT molecular complexity index is 1530. The number of hydrogen-bond acceptors (Lipinski definition) is 9. The van der Waals surface area contributed by atoms with Crippen molar-refractivity contribution >= 4 is 52.5 Å². The Balaban J connectivity index is 1.28. The standard InChI is InChI=1S/C33H41ClN8O4/c1-22(43)40-10-12-41(13-11-40)26-8-9-28(29(17-26)46-2)38-33-37-19-27(34)32(39-33)42-20-24(15-30(35)44)14-25(21-42)16-31(45)36-18-23-6-4-3-5-7-23/h3-9,17,19,24-25H,10-16,18,20-21H2,1-2H3,(H2,35,44)(H,36,45)(H,37,38,39)/t24-,25+/m1/s1. The van der Waals surface area contributed by atoms with Crippen LogP contribution in [0.1, 0.15) is 31.7 Å². The van der Waals surface area contributed by atoms with Gasteiger partial charge in [-0.15, -0.1) is 0 Å². The summed E-state index contributed by atoms with van der Waals surface area (Å²) in [6.45, 7) is 5.94. The minimum absolute atomic E-state index is 0.0266. The maximum absolute atomic E-state index is 12.9. The number of carbonyl (C=O) groups is 3. The summed E-state index contributed by atoms with van der Waals surface area (Å²) in [5.74, 6) is 1.04. The molecule has 0 spiro atoms. The zero-order valence-electron chi connectivity index (χ0n) is 26.2. The van der Waals surface area contributed by atoms with Gasteiger partial charge in [0.15, 0.2) is 5.82 Å². The van der Waals surface area contributed by atoms with Crippen molar-refractivity contribution in [2.75, 3.05) is 61.5 Å². The van der Waals surface area contributed by atoms with Gasteiger partial charge in [0.2, 0.25) is 23.7 Å². The third kappa shape index (κ3) is 8.57. The number of aromatic nitrogens is 2. The molecule has 3 heterocycles. The van der Waals surface area contributed by atoms with Crippen molar-refractivity contribution in [2.24, 2.45) is 17.6 Å². The number of rotatable bonds is 11. The lowest BCUT2D eigenvalue weighted by Crippen LogP contribution is -2.48. The highest BCUT2D eigenvalue weighted by molar-refractivity contribution is 6.32.